The van der Waals surface area contributed by atoms with Crippen molar-refractivity contribution < 1.29 is 59.5 Å². The third-order valence-corrected chi connectivity index (χ3v) is 2.03. The van der Waals surface area contributed by atoms with E-state index < -0.39 is 7.82 Å². The Morgan fingerprint density at radius 2 is 1.64 bits per heavy atom. The number of hydrogen-bond acceptors (Lipinski definition) is 2. The molecular weight excluding hydrogens is 193 g/mol. The Morgan fingerprint density at radius 1 is 1.14 bits per heavy atom. The van der Waals surface area contributed by atoms with Crippen LogP contribution in [0.1, 0.15) is 41.9 Å². The number of phosphoric ester groups is 1. The summed E-state index contributed by atoms with van der Waals surface area (Å²) in [5.41, 5.74) is 0. The van der Waals surface area contributed by atoms with Gasteiger partial charge in [-0.05, 0) is 6.42 Å². The van der Waals surface area contributed by atoms with Crippen molar-refractivity contribution in [3.8, 4) is 0 Å². The molecule has 0 unspecified atom stereocenters. The molecule has 0 amide bonds. The van der Waals surface area contributed by atoms with E-state index in [4.69, 9.17) is 9.79 Å². The van der Waals surface area contributed by atoms with Gasteiger partial charge < -0.3 is 12.6 Å². The van der Waals surface area contributed by atoms with E-state index in [1.807, 2.05) is 0 Å². The van der Waals surface area contributed by atoms with Gasteiger partial charge >= 0.3 is 45.5 Å². The molecule has 78 valence electrons. The van der Waals surface area contributed by atoms with Crippen molar-refractivity contribution in [3.63, 3.8) is 0 Å². The maximum atomic E-state index is 10.2. The van der Waals surface area contributed by atoms with Crippen LogP contribution in [0.3, 0.4) is 0 Å². The van der Waals surface area contributed by atoms with Crippen LogP contribution in [0.2, 0.25) is 0 Å². The molecule has 7 heteroatoms. The average Bonchev–Trinajstić information content (AvgIpc) is 1.94. The van der Waals surface area contributed by atoms with Gasteiger partial charge in [0.2, 0.25) is 0 Å². The van der Waals surface area contributed by atoms with E-state index in [2.05, 4.69) is 11.4 Å². The summed E-state index contributed by atoms with van der Waals surface area (Å²) in [6, 6.07) is 0. The second kappa shape index (κ2) is 12.4. The fraction of sp³-hybridized carbons (Fsp3) is 1.00. The third-order valence-electron chi connectivity index (χ3n) is 1.51. The van der Waals surface area contributed by atoms with E-state index in [1.54, 1.807) is 0 Å². The molecule has 0 radical (unpaired) electrons. The molecule has 2 N–H and O–H groups in total. The number of rotatable bonds is 7. The van der Waals surface area contributed by atoms with Gasteiger partial charge in [-0.1, -0.05) is 32.6 Å². The summed E-state index contributed by atoms with van der Waals surface area (Å²) in [5.74, 6) is 0. The van der Waals surface area contributed by atoms with E-state index in [9.17, 15) is 4.57 Å². The first-order valence-electron chi connectivity index (χ1n) is 4.26. The monoisotopic (exact) mass is 212 g/mol. The molecule has 0 aliphatic carbocycles. The summed E-state index contributed by atoms with van der Waals surface area (Å²) in [5, 5.41) is 0. The molecule has 0 aromatic heterocycles. The number of hydrogen-bond donors (Lipinski definition) is 2. The third kappa shape index (κ3) is 19.0. The normalized spacial score (nSPS) is 10.2. The van der Waals surface area contributed by atoms with Crippen LogP contribution in [0.25, 0.3) is 0 Å². The molecule has 0 fully saturated rings. The molecule has 0 saturated carbocycles. The molecule has 0 rings (SSSR count). The zero-order chi connectivity index (χ0) is 9.45. The van der Waals surface area contributed by atoms with Crippen molar-refractivity contribution in [2.24, 2.45) is 0 Å². The Labute approximate surface area is 113 Å². The van der Waals surface area contributed by atoms with Gasteiger partial charge in [-0.15, -0.1) is 0 Å². The maximum Gasteiger partial charge on any atom is 1.00 e. The van der Waals surface area contributed by atoms with Crippen LogP contribution in [0.15, 0.2) is 0 Å². The van der Waals surface area contributed by atoms with Gasteiger partial charge in [0.05, 0.1) is 6.61 Å². The topological polar surface area (TPSA) is 66.8 Å². The van der Waals surface area contributed by atoms with Crippen LogP contribution < -0.4 is 37.7 Å². The molecule has 0 aliphatic rings. The maximum absolute atomic E-state index is 10.2. The molecular formula is C7H19Li2O4P. The number of unbranched alkanes of at least 4 members (excludes halogenated alkanes) is 4. The summed E-state index contributed by atoms with van der Waals surface area (Å²) < 4.78 is 14.5. The van der Waals surface area contributed by atoms with Crippen molar-refractivity contribution >= 4 is 7.82 Å². The van der Waals surface area contributed by atoms with E-state index in [1.165, 1.54) is 12.8 Å². The smallest absolute Gasteiger partial charge is 1.00 e. The van der Waals surface area contributed by atoms with Crippen LogP contribution >= 0.6 is 7.82 Å². The Hall–Kier alpha value is 1.30. The van der Waals surface area contributed by atoms with Crippen LogP contribution in [-0.2, 0) is 9.09 Å². The molecule has 0 saturated heterocycles. The first-order valence-corrected chi connectivity index (χ1v) is 5.79. The first-order chi connectivity index (χ1) is 5.56. The number of phosphoric acid groups is 1. The van der Waals surface area contributed by atoms with Gasteiger partial charge in [0.15, 0.2) is 0 Å². The van der Waals surface area contributed by atoms with E-state index in [-0.39, 0.29) is 47.2 Å². The van der Waals surface area contributed by atoms with Crippen molar-refractivity contribution in [1.82, 2.24) is 0 Å². The minimum absolute atomic E-state index is 0. The standard InChI is InChI=1S/C7H17O4P.2Li.2H/c1-2-3-4-5-6-7-11-12(8,9)10;;;;/h2-7H2,1H3,(H2,8,9,10);;;;/q;2*+1;2*-1. The zero-order valence-corrected chi connectivity index (χ0v) is 10.3. The Morgan fingerprint density at radius 3 is 2.07 bits per heavy atom. The van der Waals surface area contributed by atoms with Gasteiger partial charge in [0.25, 0.3) is 0 Å². The molecule has 0 heterocycles. The summed E-state index contributed by atoms with van der Waals surface area (Å²) in [6.45, 7) is 2.28. The molecule has 0 atom stereocenters. The first kappa shape index (κ1) is 20.7. The van der Waals surface area contributed by atoms with Crippen LogP contribution in [0, 0.1) is 0 Å². The molecule has 0 aromatic carbocycles. The second-order valence-electron chi connectivity index (χ2n) is 2.74. The van der Waals surface area contributed by atoms with Crippen LogP contribution in [-0.4, -0.2) is 16.4 Å². The quantitative estimate of drug-likeness (QED) is 0.259. The minimum Gasteiger partial charge on any atom is -1.00 e. The van der Waals surface area contributed by atoms with Gasteiger partial charge in [-0.2, -0.15) is 0 Å². The van der Waals surface area contributed by atoms with Crippen molar-refractivity contribution in [3.05, 3.63) is 0 Å². The van der Waals surface area contributed by atoms with Crippen LogP contribution in [0.5, 0.6) is 0 Å². The Kier molecular flexibility index (Phi) is 18.3. The molecule has 0 aliphatic heterocycles. The van der Waals surface area contributed by atoms with Gasteiger partial charge in [0.1, 0.15) is 0 Å². The van der Waals surface area contributed by atoms with Crippen LogP contribution in [0.4, 0.5) is 0 Å². The average molecular weight is 212 g/mol. The van der Waals surface area contributed by atoms with Gasteiger partial charge in [0, 0.05) is 0 Å². The molecule has 14 heavy (non-hydrogen) atoms. The van der Waals surface area contributed by atoms with Crippen molar-refractivity contribution in [2.45, 2.75) is 39.0 Å². The summed E-state index contributed by atoms with van der Waals surface area (Å²) in [6.07, 6.45) is 5.16. The fourth-order valence-electron chi connectivity index (χ4n) is 0.889. The van der Waals surface area contributed by atoms with Crippen molar-refractivity contribution in [1.29, 1.82) is 0 Å². The second-order valence-corrected chi connectivity index (χ2v) is 3.98. The van der Waals surface area contributed by atoms with E-state index in [0.29, 0.717) is 0 Å². The van der Waals surface area contributed by atoms with E-state index >= 15 is 0 Å². The molecule has 0 spiro atoms. The molecule has 4 nitrogen and oxygen atoms in total. The van der Waals surface area contributed by atoms with Gasteiger partial charge in [-0.3, -0.25) is 4.52 Å². The predicted octanol–water partition coefficient (Wildman–Crippen LogP) is -3.70. The molecule has 0 aromatic rings. The van der Waals surface area contributed by atoms with Crippen molar-refractivity contribution in [2.75, 3.05) is 6.61 Å². The largest absolute Gasteiger partial charge is 1.00 e. The zero-order valence-electron chi connectivity index (χ0n) is 11.4. The molecule has 0 bridgehead atoms. The summed E-state index contributed by atoms with van der Waals surface area (Å²) in [4.78, 5) is 16.6. The predicted molar refractivity (Wildman–Crippen MR) is 49.0 cm³/mol. The minimum atomic E-state index is -4.22. The fourth-order valence-corrected chi connectivity index (χ4v) is 1.26. The van der Waals surface area contributed by atoms with Gasteiger partial charge in [-0.25, -0.2) is 4.57 Å². The summed E-state index contributed by atoms with van der Waals surface area (Å²) >= 11 is 0. The van der Waals surface area contributed by atoms with E-state index in [0.717, 1.165) is 19.3 Å². The Balaban J connectivity index is -0.000000101. The Bertz CT molecular complexity index is 159. The SMILES string of the molecule is CCCCCCCOP(=O)(O)O.[H-].[H-].[Li+].[Li+]. The summed E-state index contributed by atoms with van der Waals surface area (Å²) in [7, 11) is -4.22.